The minimum absolute atomic E-state index is 0.0972. The highest BCUT2D eigenvalue weighted by molar-refractivity contribution is 5.76. The third-order valence-electron chi connectivity index (χ3n) is 3.63. The molecule has 0 aromatic carbocycles. The van der Waals surface area contributed by atoms with Gasteiger partial charge in [0.2, 0.25) is 5.91 Å². The summed E-state index contributed by atoms with van der Waals surface area (Å²) in [5.74, 6) is 0.696. The molecule has 2 N–H and O–H groups in total. The Hall–Kier alpha value is -0.570. The van der Waals surface area contributed by atoms with E-state index in [1.807, 2.05) is 13.8 Å². The Balaban J connectivity index is 2.19. The van der Waals surface area contributed by atoms with E-state index in [2.05, 4.69) is 5.32 Å². The van der Waals surface area contributed by atoms with Gasteiger partial charge in [-0.05, 0) is 31.6 Å². The predicted octanol–water partition coefficient (Wildman–Crippen LogP) is 1.84. The Kier molecular flexibility index (Phi) is 4.58. The van der Waals surface area contributed by atoms with E-state index in [1.165, 1.54) is 19.3 Å². The van der Waals surface area contributed by atoms with E-state index in [4.69, 9.17) is 0 Å². The lowest BCUT2D eigenvalue weighted by Crippen LogP contribution is -2.42. The highest BCUT2D eigenvalue weighted by Crippen LogP contribution is 2.29. The second-order valence-electron chi connectivity index (χ2n) is 4.71. The summed E-state index contributed by atoms with van der Waals surface area (Å²) in [5, 5.41) is 12.8. The Labute approximate surface area is 92.3 Å². The van der Waals surface area contributed by atoms with Gasteiger partial charge in [-0.2, -0.15) is 0 Å². The average Bonchev–Trinajstić information content (AvgIpc) is 2.20. The first-order chi connectivity index (χ1) is 7.09. The lowest BCUT2D eigenvalue weighted by atomic mass is 9.83. The standard InChI is InChI=1S/C12H23NO2/c1-3-12(15,4-2)9-13-11(14)8-10-6-5-7-10/h10,15H,3-9H2,1-2H3,(H,13,14). The predicted molar refractivity (Wildman–Crippen MR) is 60.5 cm³/mol. The highest BCUT2D eigenvalue weighted by Gasteiger charge is 2.24. The number of carbonyl (C=O) groups excluding carboxylic acids is 1. The molecule has 1 rings (SSSR count). The van der Waals surface area contributed by atoms with Crippen molar-refractivity contribution in [2.45, 2.75) is 58.0 Å². The summed E-state index contributed by atoms with van der Waals surface area (Å²) in [6.45, 7) is 4.29. The molecule has 1 aliphatic carbocycles. The van der Waals surface area contributed by atoms with Crippen LogP contribution in [0.25, 0.3) is 0 Å². The summed E-state index contributed by atoms with van der Waals surface area (Å²) in [5.41, 5.74) is -0.713. The molecule has 3 heteroatoms. The van der Waals surface area contributed by atoms with Crippen LogP contribution in [-0.4, -0.2) is 23.2 Å². The molecule has 0 atom stereocenters. The van der Waals surface area contributed by atoms with Crippen molar-refractivity contribution >= 4 is 5.91 Å². The summed E-state index contributed by atoms with van der Waals surface area (Å²) >= 11 is 0. The van der Waals surface area contributed by atoms with Gasteiger partial charge in [0.1, 0.15) is 0 Å². The molecule has 0 bridgehead atoms. The van der Waals surface area contributed by atoms with Crippen molar-refractivity contribution in [3.63, 3.8) is 0 Å². The van der Waals surface area contributed by atoms with Gasteiger partial charge in [-0.15, -0.1) is 0 Å². The van der Waals surface area contributed by atoms with E-state index in [0.29, 0.717) is 31.7 Å². The smallest absolute Gasteiger partial charge is 0.220 e. The topological polar surface area (TPSA) is 49.3 Å². The fourth-order valence-electron chi connectivity index (χ4n) is 1.79. The Morgan fingerprint density at radius 3 is 2.40 bits per heavy atom. The van der Waals surface area contributed by atoms with Crippen molar-refractivity contribution in [2.75, 3.05) is 6.54 Å². The second kappa shape index (κ2) is 5.50. The van der Waals surface area contributed by atoms with Gasteiger partial charge in [0.15, 0.2) is 0 Å². The number of hydrogen-bond donors (Lipinski definition) is 2. The zero-order valence-corrected chi connectivity index (χ0v) is 9.88. The molecule has 1 aliphatic rings. The molecule has 1 saturated carbocycles. The number of rotatable bonds is 6. The average molecular weight is 213 g/mol. The quantitative estimate of drug-likeness (QED) is 0.707. The maximum atomic E-state index is 11.5. The van der Waals surface area contributed by atoms with Gasteiger partial charge >= 0.3 is 0 Å². The Bertz CT molecular complexity index is 208. The summed E-state index contributed by atoms with van der Waals surface area (Å²) in [7, 11) is 0. The van der Waals surface area contributed by atoms with Gasteiger partial charge in [-0.1, -0.05) is 20.3 Å². The molecule has 0 aromatic heterocycles. The molecule has 0 saturated heterocycles. The van der Waals surface area contributed by atoms with Crippen LogP contribution in [0.5, 0.6) is 0 Å². The van der Waals surface area contributed by atoms with Crippen molar-refractivity contribution in [1.29, 1.82) is 0 Å². The van der Waals surface area contributed by atoms with Crippen LogP contribution in [0.4, 0.5) is 0 Å². The van der Waals surface area contributed by atoms with Gasteiger partial charge in [0.05, 0.1) is 5.60 Å². The van der Waals surface area contributed by atoms with Gasteiger partial charge in [-0.25, -0.2) is 0 Å². The molecule has 0 spiro atoms. The lowest BCUT2D eigenvalue weighted by Gasteiger charge is -2.27. The molecular weight excluding hydrogens is 190 g/mol. The van der Waals surface area contributed by atoms with Gasteiger partial charge in [-0.3, -0.25) is 4.79 Å². The third kappa shape index (κ3) is 3.82. The minimum atomic E-state index is -0.713. The Morgan fingerprint density at radius 2 is 2.00 bits per heavy atom. The zero-order chi connectivity index (χ0) is 11.3. The van der Waals surface area contributed by atoms with Crippen molar-refractivity contribution in [3.8, 4) is 0 Å². The number of hydrogen-bond acceptors (Lipinski definition) is 2. The fraction of sp³-hybridized carbons (Fsp3) is 0.917. The first kappa shape index (κ1) is 12.5. The lowest BCUT2D eigenvalue weighted by molar-refractivity contribution is -0.124. The molecular formula is C12H23NO2. The van der Waals surface area contributed by atoms with E-state index in [1.54, 1.807) is 0 Å². The summed E-state index contributed by atoms with van der Waals surface area (Å²) < 4.78 is 0. The van der Waals surface area contributed by atoms with Gasteiger partial charge in [0.25, 0.3) is 0 Å². The van der Waals surface area contributed by atoms with Crippen molar-refractivity contribution in [3.05, 3.63) is 0 Å². The first-order valence-corrected chi connectivity index (χ1v) is 6.08. The number of nitrogens with one attached hydrogen (secondary N) is 1. The van der Waals surface area contributed by atoms with Crippen molar-refractivity contribution < 1.29 is 9.90 Å². The second-order valence-corrected chi connectivity index (χ2v) is 4.71. The van der Waals surface area contributed by atoms with E-state index in [0.717, 1.165) is 0 Å². The number of amides is 1. The molecule has 0 unspecified atom stereocenters. The summed E-state index contributed by atoms with van der Waals surface area (Å²) in [4.78, 5) is 11.5. The monoisotopic (exact) mass is 213 g/mol. The molecule has 1 fully saturated rings. The fourth-order valence-corrected chi connectivity index (χ4v) is 1.79. The third-order valence-corrected chi connectivity index (χ3v) is 3.63. The maximum absolute atomic E-state index is 11.5. The van der Waals surface area contributed by atoms with Crippen LogP contribution >= 0.6 is 0 Å². The molecule has 3 nitrogen and oxygen atoms in total. The molecule has 0 aliphatic heterocycles. The SMILES string of the molecule is CCC(O)(CC)CNC(=O)CC1CCC1. The maximum Gasteiger partial charge on any atom is 0.220 e. The van der Waals surface area contributed by atoms with Crippen LogP contribution in [0.15, 0.2) is 0 Å². The van der Waals surface area contributed by atoms with Crippen LogP contribution in [0.1, 0.15) is 52.4 Å². The van der Waals surface area contributed by atoms with Crippen LogP contribution in [0.3, 0.4) is 0 Å². The molecule has 0 radical (unpaired) electrons. The van der Waals surface area contributed by atoms with Crippen molar-refractivity contribution in [2.24, 2.45) is 5.92 Å². The van der Waals surface area contributed by atoms with Gasteiger partial charge < -0.3 is 10.4 Å². The molecule has 88 valence electrons. The minimum Gasteiger partial charge on any atom is -0.388 e. The summed E-state index contributed by atoms with van der Waals surface area (Å²) in [6, 6.07) is 0. The molecule has 0 heterocycles. The van der Waals surface area contributed by atoms with E-state index in [-0.39, 0.29) is 5.91 Å². The number of aliphatic hydroxyl groups is 1. The molecule has 15 heavy (non-hydrogen) atoms. The van der Waals surface area contributed by atoms with Crippen LogP contribution in [-0.2, 0) is 4.79 Å². The Morgan fingerprint density at radius 1 is 1.40 bits per heavy atom. The van der Waals surface area contributed by atoms with E-state index < -0.39 is 5.60 Å². The van der Waals surface area contributed by atoms with Crippen LogP contribution in [0, 0.1) is 5.92 Å². The van der Waals surface area contributed by atoms with Gasteiger partial charge in [0, 0.05) is 13.0 Å². The number of carbonyl (C=O) groups is 1. The van der Waals surface area contributed by atoms with Crippen LogP contribution < -0.4 is 5.32 Å². The molecule has 0 aromatic rings. The normalized spacial score (nSPS) is 17.3. The highest BCUT2D eigenvalue weighted by atomic mass is 16.3. The molecule has 1 amide bonds. The zero-order valence-electron chi connectivity index (χ0n) is 9.88. The largest absolute Gasteiger partial charge is 0.388 e. The van der Waals surface area contributed by atoms with E-state index in [9.17, 15) is 9.90 Å². The van der Waals surface area contributed by atoms with Crippen LogP contribution in [0.2, 0.25) is 0 Å². The van der Waals surface area contributed by atoms with E-state index >= 15 is 0 Å². The van der Waals surface area contributed by atoms with Crippen molar-refractivity contribution in [1.82, 2.24) is 5.32 Å². The summed E-state index contributed by atoms with van der Waals surface area (Å²) in [6.07, 6.45) is 5.67. The first-order valence-electron chi connectivity index (χ1n) is 6.08.